The van der Waals surface area contributed by atoms with E-state index in [0.29, 0.717) is 22.2 Å². The molecule has 2 amide bonds. The van der Waals surface area contributed by atoms with Crippen LogP contribution in [-0.4, -0.2) is 17.6 Å². The summed E-state index contributed by atoms with van der Waals surface area (Å²) in [5, 5.41) is 19.0. The highest BCUT2D eigenvalue weighted by molar-refractivity contribution is 8.03. The highest BCUT2D eigenvalue weighted by Gasteiger charge is 2.36. The number of nitrogens with one attached hydrogen (secondary N) is 3. The molecule has 36 heavy (non-hydrogen) atoms. The minimum Gasteiger partial charge on any atom is -0.468 e. The second kappa shape index (κ2) is 11.0. The molecule has 1 unspecified atom stereocenters. The molecule has 2 aromatic carbocycles. The number of dihydropyridines is 1. The highest BCUT2D eigenvalue weighted by atomic mass is 32.2. The number of aryl methyl sites for hydroxylation is 1. The van der Waals surface area contributed by atoms with Gasteiger partial charge in [-0.05, 0) is 50.2 Å². The molecule has 9 heteroatoms. The topological polar surface area (TPSA) is 107 Å². The summed E-state index contributed by atoms with van der Waals surface area (Å²) in [5.74, 6) is -1.80. The second-order valence-corrected chi connectivity index (χ2v) is 9.09. The number of rotatable bonds is 7. The summed E-state index contributed by atoms with van der Waals surface area (Å²) in [6.45, 7) is 3.65. The standard InChI is InChI=1S/C27H23FN4O3S/c1-16-9-11-18(12-10-16)31-23(33)15-36-27-19(14-29)25(22-8-5-13-35-22)24(17(2)30-27)26(34)32-21-7-4-3-6-20(21)28/h3-13,25,30H,15H2,1-2H3,(H,31,33)(H,32,34). The number of hydrogen-bond donors (Lipinski definition) is 3. The third-order valence-corrected chi connectivity index (χ3v) is 6.54. The molecule has 1 atom stereocenters. The molecule has 3 aromatic rings. The van der Waals surface area contributed by atoms with Crippen molar-refractivity contribution >= 4 is 35.0 Å². The van der Waals surface area contributed by atoms with E-state index in [1.807, 2.05) is 31.2 Å². The van der Waals surface area contributed by atoms with E-state index in [4.69, 9.17) is 4.42 Å². The first-order valence-corrected chi connectivity index (χ1v) is 12.1. The van der Waals surface area contributed by atoms with E-state index in [2.05, 4.69) is 22.0 Å². The maximum absolute atomic E-state index is 14.2. The SMILES string of the molecule is CC1=C(C(=O)Nc2ccccc2F)C(c2ccco2)C(C#N)=C(SCC(=O)Nc2ccc(C)cc2)N1. The molecule has 2 heterocycles. The van der Waals surface area contributed by atoms with Crippen molar-refractivity contribution in [3.8, 4) is 6.07 Å². The van der Waals surface area contributed by atoms with E-state index < -0.39 is 17.6 Å². The molecule has 182 valence electrons. The lowest BCUT2D eigenvalue weighted by atomic mass is 9.85. The zero-order valence-corrected chi connectivity index (χ0v) is 20.4. The van der Waals surface area contributed by atoms with Gasteiger partial charge in [-0.3, -0.25) is 9.59 Å². The lowest BCUT2D eigenvalue weighted by Crippen LogP contribution is -2.31. The van der Waals surface area contributed by atoms with Crippen LogP contribution in [0.15, 0.2) is 93.2 Å². The first kappa shape index (κ1) is 24.8. The van der Waals surface area contributed by atoms with E-state index >= 15 is 0 Å². The lowest BCUT2D eigenvalue weighted by molar-refractivity contribution is -0.114. The van der Waals surface area contributed by atoms with Crippen LogP contribution in [0.1, 0.15) is 24.2 Å². The molecule has 7 nitrogen and oxygen atoms in total. The molecule has 1 aliphatic heterocycles. The Kier molecular flexibility index (Phi) is 7.56. The smallest absolute Gasteiger partial charge is 0.254 e. The van der Waals surface area contributed by atoms with Gasteiger partial charge in [-0.2, -0.15) is 5.26 Å². The Morgan fingerprint density at radius 2 is 1.83 bits per heavy atom. The average Bonchev–Trinajstić information content (AvgIpc) is 3.39. The molecule has 0 saturated carbocycles. The van der Waals surface area contributed by atoms with Crippen LogP contribution < -0.4 is 16.0 Å². The Labute approximate surface area is 212 Å². The molecule has 0 radical (unpaired) electrons. The van der Waals surface area contributed by atoms with E-state index in [9.17, 15) is 19.2 Å². The quantitative estimate of drug-likeness (QED) is 0.398. The molecule has 0 aliphatic carbocycles. The van der Waals surface area contributed by atoms with Crippen molar-refractivity contribution in [2.24, 2.45) is 0 Å². The zero-order chi connectivity index (χ0) is 25.7. The molecule has 0 fully saturated rings. The van der Waals surface area contributed by atoms with Crippen LogP contribution >= 0.6 is 11.8 Å². The van der Waals surface area contributed by atoms with Gasteiger partial charge in [0.05, 0.1) is 45.9 Å². The first-order valence-electron chi connectivity index (χ1n) is 11.1. The van der Waals surface area contributed by atoms with Crippen LogP contribution in [0.25, 0.3) is 0 Å². The van der Waals surface area contributed by atoms with E-state index in [0.717, 1.165) is 17.3 Å². The number of halogens is 1. The van der Waals surface area contributed by atoms with E-state index in [1.54, 1.807) is 25.1 Å². The number of nitrogens with zero attached hydrogens (tertiary/aromatic N) is 1. The van der Waals surface area contributed by atoms with Gasteiger partial charge < -0.3 is 20.4 Å². The van der Waals surface area contributed by atoms with Crippen LogP contribution in [0.5, 0.6) is 0 Å². The van der Waals surface area contributed by atoms with Gasteiger partial charge in [-0.25, -0.2) is 4.39 Å². The fourth-order valence-electron chi connectivity index (χ4n) is 3.79. The van der Waals surface area contributed by atoms with Crippen LogP contribution in [0, 0.1) is 24.1 Å². The van der Waals surface area contributed by atoms with Crippen molar-refractivity contribution in [2.45, 2.75) is 19.8 Å². The van der Waals surface area contributed by atoms with Crippen LogP contribution in [0.4, 0.5) is 15.8 Å². The van der Waals surface area contributed by atoms with Gasteiger partial charge in [-0.15, -0.1) is 0 Å². The van der Waals surface area contributed by atoms with E-state index in [-0.39, 0.29) is 28.5 Å². The molecular formula is C27H23FN4O3S. The van der Waals surface area contributed by atoms with E-state index in [1.165, 1.54) is 24.5 Å². The summed E-state index contributed by atoms with van der Waals surface area (Å²) in [5.41, 5.74) is 2.69. The van der Waals surface area contributed by atoms with Gasteiger partial charge in [0.2, 0.25) is 5.91 Å². The van der Waals surface area contributed by atoms with Crippen molar-refractivity contribution in [3.05, 3.63) is 106 Å². The number of benzene rings is 2. The number of carbonyl (C=O) groups excluding carboxylic acids is 2. The molecule has 4 rings (SSSR count). The maximum atomic E-state index is 14.2. The van der Waals surface area contributed by atoms with Crippen molar-refractivity contribution in [1.29, 1.82) is 5.26 Å². The predicted molar refractivity (Wildman–Crippen MR) is 137 cm³/mol. The first-order chi connectivity index (χ1) is 17.4. The van der Waals surface area contributed by atoms with Gasteiger partial charge >= 0.3 is 0 Å². The fourth-order valence-corrected chi connectivity index (χ4v) is 4.68. The number of hydrogen-bond acceptors (Lipinski definition) is 6. The zero-order valence-electron chi connectivity index (χ0n) is 19.6. The predicted octanol–water partition coefficient (Wildman–Crippen LogP) is 5.43. The molecule has 3 N–H and O–H groups in total. The van der Waals surface area contributed by atoms with Crippen molar-refractivity contribution in [3.63, 3.8) is 0 Å². The average molecular weight is 503 g/mol. The van der Waals surface area contributed by atoms with Crippen LogP contribution in [0.3, 0.4) is 0 Å². The summed E-state index contributed by atoms with van der Waals surface area (Å²) in [7, 11) is 0. The van der Waals surface area contributed by atoms with Gasteiger partial charge in [0.1, 0.15) is 11.6 Å². The minimum absolute atomic E-state index is 0.0245. The lowest BCUT2D eigenvalue weighted by Gasteiger charge is -2.28. The number of nitriles is 1. The summed E-state index contributed by atoms with van der Waals surface area (Å²) in [4.78, 5) is 25.8. The third-order valence-electron chi connectivity index (χ3n) is 5.52. The molecule has 1 aromatic heterocycles. The summed E-state index contributed by atoms with van der Waals surface area (Å²) in [6, 6.07) is 18.8. The highest BCUT2D eigenvalue weighted by Crippen LogP contribution is 2.41. The van der Waals surface area contributed by atoms with Gasteiger partial charge in [0, 0.05) is 11.4 Å². The number of furan rings is 1. The normalized spacial score (nSPS) is 15.2. The number of para-hydroxylation sites is 1. The maximum Gasteiger partial charge on any atom is 0.254 e. The number of carbonyl (C=O) groups is 2. The summed E-state index contributed by atoms with van der Waals surface area (Å²) >= 11 is 1.15. The molecule has 0 bridgehead atoms. The number of amides is 2. The Bertz CT molecular complexity index is 1390. The summed E-state index contributed by atoms with van der Waals surface area (Å²) in [6.07, 6.45) is 1.45. The van der Waals surface area contributed by atoms with Crippen molar-refractivity contribution in [2.75, 3.05) is 16.4 Å². The second-order valence-electron chi connectivity index (χ2n) is 8.10. The Balaban J connectivity index is 1.58. The monoisotopic (exact) mass is 502 g/mol. The van der Waals surface area contributed by atoms with Crippen molar-refractivity contribution in [1.82, 2.24) is 5.32 Å². The third kappa shape index (κ3) is 5.50. The Hall–Kier alpha value is -4.29. The Morgan fingerprint density at radius 1 is 1.08 bits per heavy atom. The number of thioether (sulfide) groups is 1. The van der Waals surface area contributed by atoms with Crippen LogP contribution in [0.2, 0.25) is 0 Å². The Morgan fingerprint density at radius 3 is 2.50 bits per heavy atom. The number of allylic oxidation sites excluding steroid dienone is 2. The fraction of sp³-hybridized carbons (Fsp3) is 0.148. The van der Waals surface area contributed by atoms with Gasteiger partial charge in [0.15, 0.2) is 0 Å². The molecule has 1 aliphatic rings. The summed E-state index contributed by atoms with van der Waals surface area (Å²) < 4.78 is 19.8. The van der Waals surface area contributed by atoms with Gasteiger partial charge in [-0.1, -0.05) is 41.6 Å². The largest absolute Gasteiger partial charge is 0.468 e. The molecular weight excluding hydrogens is 479 g/mol. The minimum atomic E-state index is -0.833. The number of anilines is 2. The van der Waals surface area contributed by atoms with Crippen molar-refractivity contribution < 1.29 is 18.4 Å². The van der Waals surface area contributed by atoms with Crippen LogP contribution in [-0.2, 0) is 9.59 Å². The molecule has 0 saturated heterocycles. The van der Waals surface area contributed by atoms with Gasteiger partial charge in [0.25, 0.3) is 5.91 Å². The molecule has 0 spiro atoms.